The largest absolute Gasteiger partial charge is 0.416 e. The number of carbonyl (C=O) groups is 1. The third-order valence-electron chi connectivity index (χ3n) is 5.89. The molecule has 2 aromatic rings. The maximum absolute atomic E-state index is 13.7. The van der Waals surface area contributed by atoms with Gasteiger partial charge in [0.2, 0.25) is 5.91 Å². The maximum Gasteiger partial charge on any atom is 0.416 e. The lowest BCUT2D eigenvalue weighted by molar-refractivity contribution is -0.137. The summed E-state index contributed by atoms with van der Waals surface area (Å²) in [6.07, 6.45) is -3.36. The Hall–Kier alpha value is -2.39. The topological polar surface area (TPSA) is 48.5 Å². The molecule has 0 bridgehead atoms. The highest BCUT2D eigenvalue weighted by Gasteiger charge is 2.38. The highest BCUT2D eigenvalue weighted by molar-refractivity contribution is 6.31. The molecule has 0 unspecified atom stereocenters. The van der Waals surface area contributed by atoms with E-state index in [1.165, 1.54) is 25.1 Å². The second-order valence-electron chi connectivity index (χ2n) is 8.28. The lowest BCUT2D eigenvalue weighted by Gasteiger charge is -2.36. The number of halogens is 5. The number of alkyl halides is 3. The third-order valence-corrected chi connectivity index (χ3v) is 6.18. The highest BCUT2D eigenvalue weighted by Crippen LogP contribution is 2.34. The second-order valence-corrected chi connectivity index (χ2v) is 8.68. The van der Waals surface area contributed by atoms with Gasteiger partial charge in [0.05, 0.1) is 10.6 Å². The lowest BCUT2D eigenvalue weighted by Crippen LogP contribution is -2.53. The highest BCUT2D eigenvalue weighted by atomic mass is 35.5. The van der Waals surface area contributed by atoms with Crippen molar-refractivity contribution in [3.63, 3.8) is 0 Å². The van der Waals surface area contributed by atoms with E-state index < -0.39 is 23.6 Å². The lowest BCUT2D eigenvalue weighted by atomic mass is 10.0. The number of pyridine rings is 1. The third kappa shape index (κ3) is 4.68. The summed E-state index contributed by atoms with van der Waals surface area (Å²) < 4.78 is 53.7. The normalized spacial score (nSPS) is 19.2. The number of rotatable bonds is 5. The molecule has 10 heteroatoms. The molecule has 1 aromatic carbocycles. The minimum Gasteiger partial charge on any atom is -0.345 e. The SMILES string of the molecule is Cc1cc(C(F)(F)F)cc(N2CCC[C@H]2C(=O)N(CC2CNC2)c2ccc(F)c(Cl)c2)n1. The van der Waals surface area contributed by atoms with E-state index in [2.05, 4.69) is 10.3 Å². The molecule has 5 nitrogen and oxygen atoms in total. The van der Waals surface area contributed by atoms with E-state index in [1.807, 2.05) is 0 Å². The number of nitrogens with one attached hydrogen (secondary N) is 1. The number of amides is 1. The van der Waals surface area contributed by atoms with Gasteiger partial charge in [-0.15, -0.1) is 0 Å². The van der Waals surface area contributed by atoms with E-state index in [9.17, 15) is 22.4 Å². The Morgan fingerprint density at radius 3 is 2.66 bits per heavy atom. The average Bonchev–Trinajstić information content (AvgIpc) is 3.18. The van der Waals surface area contributed by atoms with Gasteiger partial charge in [-0.1, -0.05) is 11.6 Å². The minimum atomic E-state index is -4.50. The number of anilines is 2. The number of aromatic nitrogens is 1. The average molecular weight is 471 g/mol. The Labute approximate surface area is 188 Å². The summed E-state index contributed by atoms with van der Waals surface area (Å²) in [5, 5.41) is 3.07. The predicted molar refractivity (Wildman–Crippen MR) is 114 cm³/mol. The van der Waals surface area contributed by atoms with Crippen molar-refractivity contribution in [3.05, 3.63) is 52.4 Å². The molecular formula is C22H23ClF4N4O. The van der Waals surface area contributed by atoms with Gasteiger partial charge in [-0.25, -0.2) is 9.37 Å². The Balaban J connectivity index is 1.65. The molecule has 2 saturated heterocycles. The van der Waals surface area contributed by atoms with Gasteiger partial charge in [0.15, 0.2) is 0 Å². The number of nitrogens with zero attached hydrogens (tertiary/aromatic N) is 3. The monoisotopic (exact) mass is 470 g/mol. The molecule has 2 aliphatic rings. The van der Waals surface area contributed by atoms with Crippen LogP contribution in [0.3, 0.4) is 0 Å². The summed E-state index contributed by atoms with van der Waals surface area (Å²) in [4.78, 5) is 21.1. The fourth-order valence-electron chi connectivity index (χ4n) is 4.15. The van der Waals surface area contributed by atoms with E-state index in [4.69, 9.17) is 11.6 Å². The van der Waals surface area contributed by atoms with Gasteiger partial charge in [-0.2, -0.15) is 13.2 Å². The van der Waals surface area contributed by atoms with Crippen LogP contribution in [-0.4, -0.2) is 43.1 Å². The minimum absolute atomic E-state index is 0.0921. The molecule has 0 saturated carbocycles. The first-order valence-corrected chi connectivity index (χ1v) is 10.8. The molecule has 0 radical (unpaired) electrons. The molecule has 172 valence electrons. The molecule has 1 amide bonds. The van der Waals surface area contributed by atoms with Gasteiger partial charge in [0.1, 0.15) is 17.7 Å². The van der Waals surface area contributed by atoms with Crippen LogP contribution in [0.1, 0.15) is 24.1 Å². The molecule has 32 heavy (non-hydrogen) atoms. The quantitative estimate of drug-likeness (QED) is 0.657. The summed E-state index contributed by atoms with van der Waals surface area (Å²) in [7, 11) is 0. The van der Waals surface area contributed by atoms with E-state index in [0.717, 1.165) is 25.2 Å². The molecule has 1 aromatic heterocycles. The van der Waals surface area contributed by atoms with Gasteiger partial charge in [0, 0.05) is 43.5 Å². The number of benzene rings is 1. The van der Waals surface area contributed by atoms with Crippen LogP contribution >= 0.6 is 11.6 Å². The zero-order valence-electron chi connectivity index (χ0n) is 17.4. The number of carbonyl (C=O) groups excluding carboxylic acids is 1. The smallest absolute Gasteiger partial charge is 0.345 e. The van der Waals surface area contributed by atoms with E-state index in [0.29, 0.717) is 31.6 Å². The van der Waals surface area contributed by atoms with Crippen molar-refractivity contribution in [1.29, 1.82) is 0 Å². The molecule has 0 spiro atoms. The standard InChI is InChI=1S/C22H23ClF4N4O/c1-13-7-15(22(25,26)27)8-20(29-13)30-6-2-3-19(30)21(32)31(12-14-10-28-11-14)16-4-5-18(24)17(23)9-16/h4-5,7-9,14,19,28H,2-3,6,10-12H2,1H3/t19-/m0/s1. The van der Waals surface area contributed by atoms with Crippen LogP contribution in [-0.2, 0) is 11.0 Å². The molecular weight excluding hydrogens is 448 g/mol. The van der Waals surface area contributed by atoms with Crippen LogP contribution in [0.5, 0.6) is 0 Å². The molecule has 1 atom stereocenters. The summed E-state index contributed by atoms with van der Waals surface area (Å²) >= 11 is 5.96. The van der Waals surface area contributed by atoms with Gasteiger partial charge < -0.3 is 15.1 Å². The first kappa shape index (κ1) is 22.8. The van der Waals surface area contributed by atoms with Gasteiger partial charge >= 0.3 is 6.18 Å². The van der Waals surface area contributed by atoms with Crippen molar-refractivity contribution in [2.75, 3.05) is 36.0 Å². The van der Waals surface area contributed by atoms with Crippen LogP contribution in [0.4, 0.5) is 29.1 Å². The maximum atomic E-state index is 13.7. The van der Waals surface area contributed by atoms with Crippen LogP contribution < -0.4 is 15.1 Å². The Kier molecular flexibility index (Phi) is 6.31. The molecule has 0 aliphatic carbocycles. The second kappa shape index (κ2) is 8.86. The first-order valence-electron chi connectivity index (χ1n) is 10.4. The molecule has 2 aliphatic heterocycles. The zero-order valence-corrected chi connectivity index (χ0v) is 18.2. The van der Waals surface area contributed by atoms with E-state index in [1.54, 1.807) is 9.80 Å². The number of hydrogen-bond acceptors (Lipinski definition) is 4. The van der Waals surface area contributed by atoms with Gasteiger partial charge in [0.25, 0.3) is 0 Å². The van der Waals surface area contributed by atoms with E-state index >= 15 is 0 Å². The van der Waals surface area contributed by atoms with Gasteiger partial charge in [-0.3, -0.25) is 4.79 Å². The van der Waals surface area contributed by atoms with Crippen molar-refractivity contribution in [3.8, 4) is 0 Å². The summed E-state index contributed by atoms with van der Waals surface area (Å²) in [5.74, 6) is -0.477. The van der Waals surface area contributed by atoms with Crippen LogP contribution in [0, 0.1) is 18.7 Å². The van der Waals surface area contributed by atoms with Crippen molar-refractivity contribution in [2.24, 2.45) is 5.92 Å². The van der Waals surface area contributed by atoms with Crippen LogP contribution in [0.15, 0.2) is 30.3 Å². The predicted octanol–water partition coefficient (Wildman–Crippen LogP) is 4.42. The van der Waals surface area contributed by atoms with Crippen molar-refractivity contribution in [2.45, 2.75) is 32.0 Å². The summed E-state index contributed by atoms with van der Waals surface area (Å²) in [5.41, 5.74) is -0.0928. The molecule has 4 rings (SSSR count). The fraction of sp³-hybridized carbons (Fsp3) is 0.455. The van der Waals surface area contributed by atoms with Crippen molar-refractivity contribution < 1.29 is 22.4 Å². The summed E-state index contributed by atoms with van der Waals surface area (Å²) in [6, 6.07) is 5.44. The van der Waals surface area contributed by atoms with Crippen LogP contribution in [0.25, 0.3) is 0 Å². The van der Waals surface area contributed by atoms with Crippen LogP contribution in [0.2, 0.25) is 5.02 Å². The van der Waals surface area contributed by atoms with Gasteiger partial charge in [-0.05, 0) is 50.1 Å². The first-order chi connectivity index (χ1) is 15.1. The number of hydrogen-bond donors (Lipinski definition) is 1. The fourth-order valence-corrected chi connectivity index (χ4v) is 4.33. The number of aryl methyl sites for hydroxylation is 1. The zero-order chi connectivity index (χ0) is 23.0. The summed E-state index contributed by atoms with van der Waals surface area (Å²) in [6.45, 7) is 3.84. The molecule has 2 fully saturated rings. The Morgan fingerprint density at radius 1 is 1.28 bits per heavy atom. The van der Waals surface area contributed by atoms with Crippen molar-refractivity contribution in [1.82, 2.24) is 10.3 Å². The molecule has 1 N–H and O–H groups in total. The van der Waals surface area contributed by atoms with E-state index in [-0.39, 0.29) is 28.4 Å². The Bertz CT molecular complexity index is 1010. The molecule has 3 heterocycles. The Morgan fingerprint density at radius 2 is 2.03 bits per heavy atom. The van der Waals surface area contributed by atoms with Crippen molar-refractivity contribution >= 4 is 29.0 Å².